The lowest BCUT2D eigenvalue weighted by atomic mass is 10.4. The molecule has 1 N–H and O–H groups in total. The minimum Gasteiger partial charge on any atom is -0.468 e. The van der Waals surface area contributed by atoms with Crippen LogP contribution >= 0.6 is 0 Å². The SMILES string of the molecule is C=C(C)COCCNS(=O)(=O)C(C)C(=O)OC. The Hall–Kier alpha value is -0.920. The van der Waals surface area contributed by atoms with Crippen molar-refractivity contribution >= 4 is 16.0 Å². The number of carbonyl (C=O) groups excluding carboxylic acids is 1. The first-order valence-electron chi connectivity index (χ1n) is 5.09. The maximum atomic E-state index is 11.5. The minimum atomic E-state index is -3.70. The highest BCUT2D eigenvalue weighted by molar-refractivity contribution is 7.90. The lowest BCUT2D eigenvalue weighted by molar-refractivity contribution is -0.139. The highest BCUT2D eigenvalue weighted by Crippen LogP contribution is 2.00. The van der Waals surface area contributed by atoms with Crippen molar-refractivity contribution in [3.63, 3.8) is 0 Å². The number of hydrogen-bond acceptors (Lipinski definition) is 5. The summed E-state index contributed by atoms with van der Waals surface area (Å²) in [7, 11) is -2.56. The maximum Gasteiger partial charge on any atom is 0.325 e. The van der Waals surface area contributed by atoms with Crippen molar-refractivity contribution < 1.29 is 22.7 Å². The summed E-state index contributed by atoms with van der Waals surface area (Å²) in [6, 6.07) is 0. The first-order chi connectivity index (χ1) is 7.81. The second-order valence-electron chi connectivity index (χ2n) is 3.61. The summed E-state index contributed by atoms with van der Waals surface area (Å²) in [6.07, 6.45) is 0. The van der Waals surface area contributed by atoms with Gasteiger partial charge in [0.05, 0.1) is 20.3 Å². The Labute approximate surface area is 102 Å². The molecule has 0 aliphatic heterocycles. The van der Waals surface area contributed by atoms with Crippen molar-refractivity contribution in [2.75, 3.05) is 26.9 Å². The number of nitrogens with one attached hydrogen (secondary N) is 1. The molecule has 7 heteroatoms. The first kappa shape index (κ1) is 16.1. The monoisotopic (exact) mass is 265 g/mol. The van der Waals surface area contributed by atoms with Crippen molar-refractivity contribution in [2.24, 2.45) is 0 Å². The largest absolute Gasteiger partial charge is 0.468 e. The van der Waals surface area contributed by atoms with Crippen LogP contribution in [0.5, 0.6) is 0 Å². The van der Waals surface area contributed by atoms with Crippen molar-refractivity contribution in [1.82, 2.24) is 4.72 Å². The lowest BCUT2D eigenvalue weighted by Crippen LogP contribution is -2.39. The normalized spacial score (nSPS) is 13.1. The number of sulfonamides is 1. The summed E-state index contributed by atoms with van der Waals surface area (Å²) < 4.78 is 34.8. The van der Waals surface area contributed by atoms with Crippen molar-refractivity contribution in [2.45, 2.75) is 19.1 Å². The van der Waals surface area contributed by atoms with Gasteiger partial charge < -0.3 is 9.47 Å². The molecule has 0 aromatic carbocycles. The summed E-state index contributed by atoms with van der Waals surface area (Å²) >= 11 is 0. The third kappa shape index (κ3) is 6.40. The molecular formula is C10H19NO5S. The van der Waals surface area contributed by atoms with Gasteiger partial charge in [0.2, 0.25) is 10.0 Å². The predicted molar refractivity (Wildman–Crippen MR) is 64.0 cm³/mol. The van der Waals surface area contributed by atoms with Gasteiger partial charge in [0.25, 0.3) is 0 Å². The Bertz CT molecular complexity index is 363. The van der Waals surface area contributed by atoms with Crippen LogP contribution in [0.4, 0.5) is 0 Å². The average Bonchev–Trinajstić information content (AvgIpc) is 2.25. The van der Waals surface area contributed by atoms with Crippen LogP contribution in [0.3, 0.4) is 0 Å². The number of carbonyl (C=O) groups is 1. The fourth-order valence-electron chi connectivity index (χ4n) is 0.920. The zero-order valence-corrected chi connectivity index (χ0v) is 11.2. The standard InChI is InChI=1S/C10H19NO5S/c1-8(2)7-16-6-5-11-17(13,14)9(3)10(12)15-4/h9,11H,1,5-7H2,2-4H3. The van der Waals surface area contributed by atoms with Crippen molar-refractivity contribution in [3.05, 3.63) is 12.2 Å². The summed E-state index contributed by atoms with van der Waals surface area (Å²) in [5.41, 5.74) is 0.857. The quantitative estimate of drug-likeness (QED) is 0.381. The van der Waals surface area contributed by atoms with E-state index in [1.807, 2.05) is 6.92 Å². The van der Waals surface area contributed by atoms with Gasteiger partial charge >= 0.3 is 5.97 Å². The van der Waals surface area contributed by atoms with Crippen LogP contribution in [0.15, 0.2) is 12.2 Å². The zero-order chi connectivity index (χ0) is 13.5. The second kappa shape index (κ2) is 7.41. The van der Waals surface area contributed by atoms with E-state index in [9.17, 15) is 13.2 Å². The number of ether oxygens (including phenoxy) is 2. The van der Waals surface area contributed by atoms with Gasteiger partial charge in [0.15, 0.2) is 5.25 Å². The number of methoxy groups -OCH3 is 1. The second-order valence-corrected chi connectivity index (χ2v) is 5.70. The van der Waals surface area contributed by atoms with E-state index in [-0.39, 0.29) is 13.2 Å². The Kier molecular flexibility index (Phi) is 7.01. The highest BCUT2D eigenvalue weighted by Gasteiger charge is 2.28. The molecule has 0 saturated heterocycles. The maximum absolute atomic E-state index is 11.5. The molecule has 1 unspecified atom stereocenters. The molecular weight excluding hydrogens is 246 g/mol. The average molecular weight is 265 g/mol. The summed E-state index contributed by atoms with van der Waals surface area (Å²) in [5.74, 6) is -0.791. The van der Waals surface area contributed by atoms with Crippen molar-refractivity contribution in [1.29, 1.82) is 0 Å². The summed E-state index contributed by atoms with van der Waals surface area (Å²) in [5, 5.41) is -1.23. The molecule has 0 spiro atoms. The molecule has 0 bridgehead atoms. The van der Waals surface area contributed by atoms with Crippen LogP contribution in [0.25, 0.3) is 0 Å². The fraction of sp³-hybridized carbons (Fsp3) is 0.700. The van der Waals surface area contributed by atoms with E-state index in [4.69, 9.17) is 4.74 Å². The third-order valence-electron chi connectivity index (χ3n) is 1.90. The molecule has 0 aliphatic carbocycles. The van der Waals surface area contributed by atoms with Gasteiger partial charge in [-0.15, -0.1) is 0 Å². The third-order valence-corrected chi connectivity index (χ3v) is 3.63. The minimum absolute atomic E-state index is 0.108. The lowest BCUT2D eigenvalue weighted by Gasteiger charge is -2.11. The van der Waals surface area contributed by atoms with E-state index in [1.165, 1.54) is 6.92 Å². The van der Waals surface area contributed by atoms with Gasteiger partial charge in [-0.2, -0.15) is 0 Å². The molecule has 0 aliphatic rings. The molecule has 17 heavy (non-hydrogen) atoms. The molecule has 0 rings (SSSR count). The van der Waals surface area contributed by atoms with Crippen LogP contribution < -0.4 is 4.72 Å². The molecule has 0 heterocycles. The molecule has 100 valence electrons. The number of hydrogen-bond donors (Lipinski definition) is 1. The molecule has 0 aromatic heterocycles. The summed E-state index contributed by atoms with van der Waals surface area (Å²) in [6.45, 7) is 7.43. The van der Waals surface area contributed by atoms with Gasteiger partial charge in [-0.3, -0.25) is 4.79 Å². The predicted octanol–water partition coefficient (Wildman–Crippen LogP) is 0.0600. The Morgan fingerprint density at radius 1 is 1.47 bits per heavy atom. The van der Waals surface area contributed by atoms with Crippen LogP contribution in [-0.4, -0.2) is 46.5 Å². The molecule has 0 saturated carbocycles. The molecule has 0 radical (unpaired) electrons. The van der Waals surface area contributed by atoms with Crippen molar-refractivity contribution in [3.8, 4) is 0 Å². The molecule has 0 aromatic rings. The van der Waals surface area contributed by atoms with Gasteiger partial charge in [0, 0.05) is 6.54 Å². The van der Waals surface area contributed by atoms with Gasteiger partial charge in [0.1, 0.15) is 0 Å². The van der Waals surface area contributed by atoms with Crippen LogP contribution in [-0.2, 0) is 24.3 Å². The van der Waals surface area contributed by atoms with Crippen LogP contribution in [0, 0.1) is 0 Å². The molecule has 6 nitrogen and oxygen atoms in total. The van der Waals surface area contributed by atoms with Crippen LogP contribution in [0.2, 0.25) is 0 Å². The van der Waals surface area contributed by atoms with E-state index in [2.05, 4.69) is 16.0 Å². The Morgan fingerprint density at radius 3 is 2.53 bits per heavy atom. The summed E-state index contributed by atoms with van der Waals surface area (Å²) in [4.78, 5) is 11.1. The molecule has 1 atom stereocenters. The highest BCUT2D eigenvalue weighted by atomic mass is 32.2. The van der Waals surface area contributed by atoms with Gasteiger partial charge in [-0.1, -0.05) is 12.2 Å². The molecule has 0 fully saturated rings. The topological polar surface area (TPSA) is 81.7 Å². The number of esters is 1. The Morgan fingerprint density at radius 2 is 2.06 bits per heavy atom. The van der Waals surface area contributed by atoms with E-state index in [0.29, 0.717) is 6.61 Å². The fourth-order valence-corrected chi connectivity index (χ4v) is 1.89. The zero-order valence-electron chi connectivity index (χ0n) is 10.4. The van der Waals surface area contributed by atoms with Crippen LogP contribution in [0.1, 0.15) is 13.8 Å². The van der Waals surface area contributed by atoms with E-state index in [1.54, 1.807) is 0 Å². The van der Waals surface area contributed by atoms with E-state index < -0.39 is 21.2 Å². The van der Waals surface area contributed by atoms with Gasteiger partial charge in [-0.25, -0.2) is 13.1 Å². The first-order valence-corrected chi connectivity index (χ1v) is 6.64. The van der Waals surface area contributed by atoms with E-state index in [0.717, 1.165) is 12.7 Å². The smallest absolute Gasteiger partial charge is 0.325 e. The Balaban J connectivity index is 4.02. The van der Waals surface area contributed by atoms with Gasteiger partial charge in [-0.05, 0) is 13.8 Å². The van der Waals surface area contributed by atoms with E-state index >= 15 is 0 Å². The molecule has 0 amide bonds. The number of rotatable bonds is 8.